The Kier molecular flexibility index (Phi) is 7.72. The lowest BCUT2D eigenvalue weighted by Crippen LogP contribution is -2.41. The van der Waals surface area contributed by atoms with Crippen molar-refractivity contribution in [2.45, 2.75) is 31.2 Å². The molecule has 0 bridgehead atoms. The van der Waals surface area contributed by atoms with Gasteiger partial charge in [-0.15, -0.1) is 11.8 Å². The maximum absolute atomic E-state index is 13.0. The maximum Gasteiger partial charge on any atom is 0.330 e. The Morgan fingerprint density at radius 1 is 1.06 bits per heavy atom. The molecule has 3 aromatic rings. The molecule has 162 valence electrons. The van der Waals surface area contributed by atoms with Crippen molar-refractivity contribution < 1.29 is 4.79 Å². The number of amides is 1. The number of rotatable bonds is 9. The van der Waals surface area contributed by atoms with Crippen molar-refractivity contribution in [1.82, 2.24) is 9.55 Å². The molecule has 0 unspecified atom stereocenters. The number of aromatic amines is 1. The molecule has 1 heterocycles. The molecule has 0 radical (unpaired) electrons. The summed E-state index contributed by atoms with van der Waals surface area (Å²) in [5, 5.41) is 0. The quantitative estimate of drug-likeness (QED) is 0.500. The lowest BCUT2D eigenvalue weighted by molar-refractivity contribution is -0.118. The molecule has 0 saturated carbocycles. The third kappa shape index (κ3) is 5.67. The summed E-state index contributed by atoms with van der Waals surface area (Å²) in [6.45, 7) is 2.46. The topological polar surface area (TPSA) is 101 Å². The largest absolute Gasteiger partial charge is 0.383 e. The number of hydrogen-bond donors (Lipinski definition) is 2. The second kappa shape index (κ2) is 10.7. The molecule has 8 heteroatoms. The fourth-order valence-corrected chi connectivity index (χ4v) is 4.12. The van der Waals surface area contributed by atoms with Gasteiger partial charge in [0.2, 0.25) is 5.91 Å². The van der Waals surface area contributed by atoms with Crippen LogP contribution in [0.4, 0.5) is 11.5 Å². The van der Waals surface area contributed by atoms with E-state index in [1.807, 2.05) is 67.6 Å². The number of nitrogens with two attached hydrogens (primary N) is 1. The molecule has 0 aliphatic heterocycles. The minimum atomic E-state index is -0.649. The SMILES string of the molecule is CCCN(C(=O)CCSc1ccccc1)c1c(N)n(Cc2ccccc2)c(=O)[nH]c1=O. The van der Waals surface area contributed by atoms with Crippen LogP contribution in [0.15, 0.2) is 75.1 Å². The average Bonchev–Trinajstić information content (AvgIpc) is 2.77. The number of anilines is 2. The molecule has 0 fully saturated rings. The number of benzene rings is 2. The number of nitrogens with zero attached hydrogens (tertiary/aromatic N) is 2. The van der Waals surface area contributed by atoms with Crippen LogP contribution < -0.4 is 21.9 Å². The van der Waals surface area contributed by atoms with Crippen molar-refractivity contribution in [2.24, 2.45) is 0 Å². The van der Waals surface area contributed by atoms with Crippen molar-refractivity contribution in [3.8, 4) is 0 Å². The van der Waals surface area contributed by atoms with E-state index in [-0.39, 0.29) is 30.4 Å². The Morgan fingerprint density at radius 2 is 1.71 bits per heavy atom. The number of thioether (sulfide) groups is 1. The number of hydrogen-bond acceptors (Lipinski definition) is 5. The highest BCUT2D eigenvalue weighted by molar-refractivity contribution is 7.99. The van der Waals surface area contributed by atoms with Crippen LogP contribution in [0.5, 0.6) is 0 Å². The van der Waals surface area contributed by atoms with Crippen molar-refractivity contribution in [3.63, 3.8) is 0 Å². The van der Waals surface area contributed by atoms with Crippen molar-refractivity contribution in [1.29, 1.82) is 0 Å². The van der Waals surface area contributed by atoms with Gasteiger partial charge in [0.1, 0.15) is 5.82 Å². The fourth-order valence-electron chi connectivity index (χ4n) is 3.25. The number of carbonyl (C=O) groups excluding carboxylic acids is 1. The van der Waals surface area contributed by atoms with E-state index in [9.17, 15) is 14.4 Å². The smallest absolute Gasteiger partial charge is 0.330 e. The molecule has 1 aromatic heterocycles. The molecule has 3 N–H and O–H groups in total. The summed E-state index contributed by atoms with van der Waals surface area (Å²) in [5.41, 5.74) is 5.92. The molecule has 31 heavy (non-hydrogen) atoms. The van der Waals surface area contributed by atoms with Gasteiger partial charge in [-0.3, -0.25) is 19.1 Å². The first kappa shape index (κ1) is 22.4. The third-order valence-electron chi connectivity index (χ3n) is 4.74. The van der Waals surface area contributed by atoms with Gasteiger partial charge < -0.3 is 10.6 Å². The Balaban J connectivity index is 1.85. The molecular weight excluding hydrogens is 412 g/mol. The molecule has 0 saturated heterocycles. The average molecular weight is 439 g/mol. The van der Waals surface area contributed by atoms with Crippen LogP contribution in [-0.4, -0.2) is 27.8 Å². The number of nitrogens with one attached hydrogen (secondary N) is 1. The van der Waals surface area contributed by atoms with Gasteiger partial charge in [-0.2, -0.15) is 0 Å². The lowest BCUT2D eigenvalue weighted by atomic mass is 10.2. The minimum absolute atomic E-state index is 0.00452. The lowest BCUT2D eigenvalue weighted by Gasteiger charge is -2.24. The Labute approximate surface area is 184 Å². The molecule has 3 rings (SSSR count). The highest BCUT2D eigenvalue weighted by Crippen LogP contribution is 2.22. The second-order valence-corrected chi connectivity index (χ2v) is 8.19. The second-order valence-electron chi connectivity index (χ2n) is 7.02. The Morgan fingerprint density at radius 3 is 2.35 bits per heavy atom. The van der Waals surface area contributed by atoms with Gasteiger partial charge in [0, 0.05) is 23.6 Å². The van der Waals surface area contributed by atoms with E-state index in [0.29, 0.717) is 18.7 Å². The number of carbonyl (C=O) groups is 1. The summed E-state index contributed by atoms with van der Waals surface area (Å²) in [6.07, 6.45) is 0.893. The van der Waals surface area contributed by atoms with Gasteiger partial charge in [0.15, 0.2) is 5.69 Å². The standard InChI is InChI=1S/C23H26N4O3S/c1-2-14-26(19(28)13-15-31-18-11-7-4-8-12-18)20-21(24)27(23(30)25-22(20)29)16-17-9-5-3-6-10-17/h3-12H,2,13-16,24H2,1H3,(H,25,29,30). The van der Waals surface area contributed by atoms with Crippen LogP contribution in [0.1, 0.15) is 25.3 Å². The van der Waals surface area contributed by atoms with Gasteiger partial charge >= 0.3 is 5.69 Å². The van der Waals surface area contributed by atoms with E-state index in [4.69, 9.17) is 5.73 Å². The number of aromatic nitrogens is 2. The van der Waals surface area contributed by atoms with E-state index < -0.39 is 11.2 Å². The van der Waals surface area contributed by atoms with Crippen LogP contribution in [0, 0.1) is 0 Å². The molecule has 7 nitrogen and oxygen atoms in total. The van der Waals surface area contributed by atoms with Crippen LogP contribution in [0.3, 0.4) is 0 Å². The Hall–Kier alpha value is -3.26. The fraction of sp³-hybridized carbons (Fsp3) is 0.261. The van der Waals surface area contributed by atoms with Crippen LogP contribution in [0.2, 0.25) is 0 Å². The zero-order chi connectivity index (χ0) is 22.2. The Bertz CT molecular complexity index is 1130. The molecule has 1 amide bonds. The first-order valence-corrected chi connectivity index (χ1v) is 11.1. The van der Waals surface area contributed by atoms with Gasteiger partial charge in [0.05, 0.1) is 6.54 Å². The minimum Gasteiger partial charge on any atom is -0.383 e. The van der Waals surface area contributed by atoms with Crippen LogP contribution in [0.25, 0.3) is 0 Å². The van der Waals surface area contributed by atoms with E-state index in [1.165, 1.54) is 9.47 Å². The van der Waals surface area contributed by atoms with Crippen molar-refractivity contribution in [2.75, 3.05) is 22.9 Å². The summed E-state index contributed by atoms with van der Waals surface area (Å²) in [6, 6.07) is 19.1. The monoisotopic (exact) mass is 438 g/mol. The van der Waals surface area contributed by atoms with Gasteiger partial charge in [-0.25, -0.2) is 4.79 Å². The molecule has 2 aromatic carbocycles. The summed E-state index contributed by atoms with van der Waals surface area (Å²) in [4.78, 5) is 42.8. The molecular formula is C23H26N4O3S. The van der Waals surface area contributed by atoms with Gasteiger partial charge in [-0.1, -0.05) is 55.5 Å². The molecule has 0 spiro atoms. The van der Waals surface area contributed by atoms with Gasteiger partial charge in [-0.05, 0) is 24.1 Å². The van der Waals surface area contributed by atoms with E-state index in [2.05, 4.69) is 4.98 Å². The highest BCUT2D eigenvalue weighted by atomic mass is 32.2. The van der Waals surface area contributed by atoms with Crippen molar-refractivity contribution >= 4 is 29.2 Å². The molecule has 0 aliphatic carbocycles. The van der Waals surface area contributed by atoms with E-state index in [1.54, 1.807) is 11.8 Å². The third-order valence-corrected chi connectivity index (χ3v) is 5.76. The summed E-state index contributed by atoms with van der Waals surface area (Å²) < 4.78 is 1.29. The summed E-state index contributed by atoms with van der Waals surface area (Å²) >= 11 is 1.58. The zero-order valence-electron chi connectivity index (χ0n) is 17.4. The first-order valence-electron chi connectivity index (χ1n) is 10.2. The van der Waals surface area contributed by atoms with Gasteiger partial charge in [0.25, 0.3) is 5.56 Å². The van der Waals surface area contributed by atoms with Crippen LogP contribution >= 0.6 is 11.8 Å². The van der Waals surface area contributed by atoms with Crippen LogP contribution in [-0.2, 0) is 11.3 Å². The summed E-state index contributed by atoms with van der Waals surface area (Å²) in [7, 11) is 0. The van der Waals surface area contributed by atoms with E-state index in [0.717, 1.165) is 10.5 Å². The zero-order valence-corrected chi connectivity index (χ0v) is 18.2. The number of H-pyrrole nitrogens is 1. The maximum atomic E-state index is 13.0. The predicted molar refractivity (Wildman–Crippen MR) is 126 cm³/mol. The molecule has 0 aliphatic rings. The summed E-state index contributed by atoms with van der Waals surface area (Å²) in [5.74, 6) is 0.368. The highest BCUT2D eigenvalue weighted by Gasteiger charge is 2.23. The van der Waals surface area contributed by atoms with Crippen molar-refractivity contribution in [3.05, 3.63) is 87.1 Å². The van der Waals surface area contributed by atoms with E-state index >= 15 is 0 Å². The number of nitrogen functional groups attached to an aromatic ring is 1. The molecule has 0 atom stereocenters. The predicted octanol–water partition coefficient (Wildman–Crippen LogP) is 3.09. The first-order chi connectivity index (χ1) is 15.0. The normalized spacial score (nSPS) is 10.7.